The third-order valence-corrected chi connectivity index (χ3v) is 5.86. The van der Waals surface area contributed by atoms with Crippen molar-refractivity contribution in [2.75, 3.05) is 43.0 Å². The summed E-state index contributed by atoms with van der Waals surface area (Å²) in [6, 6.07) is 6.17. The van der Waals surface area contributed by atoms with Crippen LogP contribution in [0.15, 0.2) is 36.9 Å². The molecule has 5 rings (SSSR count). The molecule has 0 atom stereocenters. The van der Waals surface area contributed by atoms with Gasteiger partial charge < -0.3 is 24.8 Å². The third-order valence-electron chi connectivity index (χ3n) is 5.86. The molecule has 1 saturated heterocycles. The fraction of sp³-hybridized carbons (Fsp3) is 0.360. The van der Waals surface area contributed by atoms with Crippen LogP contribution in [0, 0.1) is 11.8 Å². The molecule has 1 aromatic carbocycles. The first-order valence-electron chi connectivity index (χ1n) is 11.5. The summed E-state index contributed by atoms with van der Waals surface area (Å²) in [7, 11) is 0. The van der Waals surface area contributed by atoms with E-state index in [1.54, 1.807) is 6.92 Å². The van der Waals surface area contributed by atoms with Crippen molar-refractivity contribution < 1.29 is 4.74 Å². The minimum Gasteiger partial charge on any atom is -0.479 e. The SMILES string of the molecule is CC#CCOc1cc(Nc2ncc3ccc4ncn(C(C)C)c4c3n2)ncc1N1CCNCC1. The molecule has 1 fully saturated rings. The maximum Gasteiger partial charge on any atom is 0.228 e. The molecule has 0 radical (unpaired) electrons. The van der Waals surface area contributed by atoms with Crippen LogP contribution in [-0.2, 0) is 0 Å². The summed E-state index contributed by atoms with van der Waals surface area (Å²) >= 11 is 0. The van der Waals surface area contributed by atoms with Gasteiger partial charge in [0.1, 0.15) is 23.7 Å². The second-order valence-corrected chi connectivity index (χ2v) is 8.43. The molecule has 0 aliphatic carbocycles. The molecule has 0 unspecified atom stereocenters. The maximum atomic E-state index is 6.00. The number of ether oxygens (including phenoxy) is 1. The molecule has 1 aliphatic heterocycles. The Morgan fingerprint density at radius 1 is 1.15 bits per heavy atom. The standard InChI is InChI=1S/C25H28N8O/c1-4-5-12-34-21-13-22(27-15-20(21)32-10-8-26-9-11-32)30-25-28-14-18-6-7-19-24(23(18)31-25)33(16-29-19)17(2)3/h6-7,13-17,26H,8-12H2,1-3H3,(H,27,28,30,31). The fourth-order valence-corrected chi connectivity index (χ4v) is 4.12. The van der Waals surface area contributed by atoms with Crippen molar-refractivity contribution in [2.45, 2.75) is 26.8 Å². The van der Waals surface area contributed by atoms with E-state index in [1.165, 1.54) is 0 Å². The van der Waals surface area contributed by atoms with E-state index in [1.807, 2.05) is 36.9 Å². The number of hydrogen-bond acceptors (Lipinski definition) is 8. The minimum absolute atomic E-state index is 0.270. The van der Waals surface area contributed by atoms with Crippen LogP contribution in [0.4, 0.5) is 17.5 Å². The second-order valence-electron chi connectivity index (χ2n) is 8.43. The van der Waals surface area contributed by atoms with Gasteiger partial charge in [0.25, 0.3) is 0 Å². The van der Waals surface area contributed by atoms with Gasteiger partial charge in [-0.1, -0.05) is 5.92 Å². The summed E-state index contributed by atoms with van der Waals surface area (Å²) < 4.78 is 8.14. The molecule has 0 amide bonds. The van der Waals surface area contributed by atoms with Crippen LogP contribution in [0.1, 0.15) is 26.8 Å². The van der Waals surface area contributed by atoms with Crippen molar-refractivity contribution in [3.63, 3.8) is 0 Å². The average molecular weight is 457 g/mol. The molecule has 3 aromatic heterocycles. The fourth-order valence-electron chi connectivity index (χ4n) is 4.12. The molecule has 174 valence electrons. The van der Waals surface area contributed by atoms with Gasteiger partial charge in [0.15, 0.2) is 0 Å². The van der Waals surface area contributed by atoms with E-state index in [0.29, 0.717) is 18.4 Å². The number of nitrogens with one attached hydrogen (secondary N) is 2. The van der Waals surface area contributed by atoms with E-state index in [0.717, 1.165) is 59.6 Å². The highest BCUT2D eigenvalue weighted by atomic mass is 16.5. The van der Waals surface area contributed by atoms with Gasteiger partial charge in [0.2, 0.25) is 5.95 Å². The van der Waals surface area contributed by atoms with E-state index in [-0.39, 0.29) is 6.04 Å². The van der Waals surface area contributed by atoms with Gasteiger partial charge in [-0.05, 0) is 32.9 Å². The molecular formula is C25H28N8O. The Labute approximate surface area is 198 Å². The van der Waals surface area contributed by atoms with Crippen molar-refractivity contribution in [3.8, 4) is 17.6 Å². The zero-order chi connectivity index (χ0) is 23.5. The summed E-state index contributed by atoms with van der Waals surface area (Å²) in [5.74, 6) is 7.67. The van der Waals surface area contributed by atoms with E-state index >= 15 is 0 Å². The van der Waals surface area contributed by atoms with Crippen LogP contribution < -0.4 is 20.3 Å². The zero-order valence-corrected chi connectivity index (χ0v) is 19.7. The molecule has 2 N–H and O–H groups in total. The molecule has 1 aliphatic rings. The summed E-state index contributed by atoms with van der Waals surface area (Å²) in [4.78, 5) is 20.8. The van der Waals surface area contributed by atoms with Crippen LogP contribution in [0.2, 0.25) is 0 Å². The third kappa shape index (κ3) is 4.32. The predicted molar refractivity (Wildman–Crippen MR) is 135 cm³/mol. The summed E-state index contributed by atoms with van der Waals surface area (Å²) in [5, 5.41) is 7.59. The molecule has 0 spiro atoms. The van der Waals surface area contributed by atoms with Gasteiger partial charge in [-0.2, -0.15) is 0 Å². The lowest BCUT2D eigenvalue weighted by atomic mass is 10.2. The Morgan fingerprint density at radius 3 is 2.79 bits per heavy atom. The lowest BCUT2D eigenvalue weighted by Crippen LogP contribution is -2.43. The Kier molecular flexibility index (Phi) is 6.14. The molecule has 4 heterocycles. The first-order chi connectivity index (χ1) is 16.6. The van der Waals surface area contributed by atoms with E-state index in [9.17, 15) is 0 Å². The van der Waals surface area contributed by atoms with Crippen molar-refractivity contribution in [2.24, 2.45) is 0 Å². The molecule has 9 heteroatoms. The number of anilines is 3. The highest BCUT2D eigenvalue weighted by molar-refractivity contribution is 6.02. The van der Waals surface area contributed by atoms with E-state index < -0.39 is 0 Å². The first-order valence-corrected chi connectivity index (χ1v) is 11.5. The highest BCUT2D eigenvalue weighted by Gasteiger charge is 2.17. The number of fused-ring (bicyclic) bond motifs is 3. The summed E-state index contributed by atoms with van der Waals surface area (Å²) in [5.41, 5.74) is 3.74. The lowest BCUT2D eigenvalue weighted by molar-refractivity contribution is 0.369. The van der Waals surface area contributed by atoms with Crippen molar-refractivity contribution in [1.82, 2.24) is 29.8 Å². The Balaban J connectivity index is 1.49. The van der Waals surface area contributed by atoms with Gasteiger partial charge >= 0.3 is 0 Å². The van der Waals surface area contributed by atoms with Crippen molar-refractivity contribution in [1.29, 1.82) is 0 Å². The number of imidazole rings is 1. The molecule has 4 aromatic rings. The number of aromatic nitrogens is 5. The topological polar surface area (TPSA) is 93.0 Å². The first kappa shape index (κ1) is 21.9. The summed E-state index contributed by atoms with van der Waals surface area (Å²) in [6.07, 6.45) is 5.53. The number of benzene rings is 1. The molecule has 9 nitrogen and oxygen atoms in total. The number of hydrogen-bond donors (Lipinski definition) is 2. The highest BCUT2D eigenvalue weighted by Crippen LogP contribution is 2.31. The Morgan fingerprint density at radius 2 is 2.00 bits per heavy atom. The van der Waals surface area contributed by atoms with Gasteiger partial charge in [-0.3, -0.25) is 0 Å². The average Bonchev–Trinajstić information content (AvgIpc) is 3.30. The van der Waals surface area contributed by atoms with Gasteiger partial charge in [0.05, 0.1) is 29.2 Å². The Bertz CT molecular complexity index is 1380. The van der Waals surface area contributed by atoms with Crippen molar-refractivity contribution in [3.05, 3.63) is 36.9 Å². The van der Waals surface area contributed by atoms with E-state index in [2.05, 4.69) is 60.7 Å². The van der Waals surface area contributed by atoms with Crippen molar-refractivity contribution >= 4 is 39.4 Å². The molecule has 0 bridgehead atoms. The predicted octanol–water partition coefficient (Wildman–Crippen LogP) is 3.51. The molecule has 0 saturated carbocycles. The normalized spacial score (nSPS) is 13.8. The Hall–Kier alpha value is -3.90. The maximum absolute atomic E-state index is 6.00. The molecular weight excluding hydrogens is 428 g/mol. The minimum atomic E-state index is 0.270. The summed E-state index contributed by atoms with van der Waals surface area (Å²) in [6.45, 7) is 10.1. The van der Waals surface area contributed by atoms with Gasteiger partial charge in [-0.15, -0.1) is 5.92 Å². The smallest absolute Gasteiger partial charge is 0.228 e. The lowest BCUT2D eigenvalue weighted by Gasteiger charge is -2.30. The van der Waals surface area contributed by atoms with Crippen LogP contribution in [0.25, 0.3) is 21.9 Å². The largest absolute Gasteiger partial charge is 0.479 e. The number of rotatable bonds is 6. The number of pyridine rings is 1. The number of nitrogens with zero attached hydrogens (tertiary/aromatic N) is 6. The van der Waals surface area contributed by atoms with Gasteiger partial charge in [-0.25, -0.2) is 19.9 Å². The van der Waals surface area contributed by atoms with Gasteiger partial charge in [0, 0.05) is 49.9 Å². The molecule has 34 heavy (non-hydrogen) atoms. The monoisotopic (exact) mass is 456 g/mol. The zero-order valence-electron chi connectivity index (χ0n) is 19.7. The van der Waals surface area contributed by atoms with E-state index in [4.69, 9.17) is 9.72 Å². The van der Waals surface area contributed by atoms with Crippen LogP contribution in [0.5, 0.6) is 5.75 Å². The quantitative estimate of drug-likeness (QED) is 0.426. The van der Waals surface area contributed by atoms with Crippen LogP contribution in [-0.4, -0.2) is 57.3 Å². The van der Waals surface area contributed by atoms with Crippen LogP contribution >= 0.6 is 0 Å². The second kappa shape index (κ2) is 9.53. The van der Waals surface area contributed by atoms with Crippen LogP contribution in [0.3, 0.4) is 0 Å². The number of piperazine rings is 1.